The summed E-state index contributed by atoms with van der Waals surface area (Å²) in [6.07, 6.45) is -1.05. The maximum absolute atomic E-state index is 11.1. The van der Waals surface area contributed by atoms with Gasteiger partial charge in [-0.15, -0.1) is 0 Å². The number of rotatable bonds is 6. The predicted molar refractivity (Wildman–Crippen MR) is 44.6 cm³/mol. The minimum Gasteiger partial charge on any atom is -0.481 e. The first-order chi connectivity index (χ1) is 6.47. The van der Waals surface area contributed by atoms with Gasteiger partial charge in [-0.05, 0) is 6.92 Å². The molecule has 80 valence electrons. The quantitative estimate of drug-likeness (QED) is 0.595. The van der Waals surface area contributed by atoms with Gasteiger partial charge < -0.3 is 14.9 Å². The Kier molecular flexibility index (Phi) is 5.28. The van der Waals surface area contributed by atoms with E-state index in [2.05, 4.69) is 4.74 Å². The number of hydrogen-bond acceptors (Lipinski definition) is 4. The first-order valence-corrected chi connectivity index (χ1v) is 4.07. The first kappa shape index (κ1) is 12.4. The zero-order chi connectivity index (χ0) is 11.1. The largest absolute Gasteiger partial charge is 0.481 e. The van der Waals surface area contributed by atoms with Crippen LogP contribution < -0.4 is 0 Å². The van der Waals surface area contributed by atoms with Gasteiger partial charge in [0.05, 0.1) is 25.4 Å². The van der Waals surface area contributed by atoms with Crippen molar-refractivity contribution in [2.75, 3.05) is 6.61 Å². The molecule has 0 radical (unpaired) electrons. The second-order valence-corrected chi connectivity index (χ2v) is 2.64. The number of carbonyl (C=O) groups is 3. The zero-order valence-corrected chi connectivity index (χ0v) is 7.73. The van der Waals surface area contributed by atoms with Crippen LogP contribution in [0.4, 0.5) is 0 Å². The van der Waals surface area contributed by atoms with Crippen LogP contribution in [0.2, 0.25) is 0 Å². The van der Waals surface area contributed by atoms with Gasteiger partial charge in [0.25, 0.3) is 0 Å². The van der Waals surface area contributed by atoms with E-state index in [1.807, 2.05) is 0 Å². The van der Waals surface area contributed by atoms with Crippen LogP contribution in [0.25, 0.3) is 0 Å². The lowest BCUT2D eigenvalue weighted by atomic mass is 10.0. The number of ether oxygens (including phenoxy) is 1. The van der Waals surface area contributed by atoms with Crippen molar-refractivity contribution >= 4 is 17.9 Å². The molecule has 0 aromatic carbocycles. The third kappa shape index (κ3) is 5.13. The fourth-order valence-electron chi connectivity index (χ4n) is 0.921. The Balaban J connectivity index is 4.29. The fourth-order valence-corrected chi connectivity index (χ4v) is 0.921. The lowest BCUT2D eigenvalue weighted by Gasteiger charge is -2.10. The summed E-state index contributed by atoms with van der Waals surface area (Å²) in [5.74, 6) is -4.32. The van der Waals surface area contributed by atoms with Crippen molar-refractivity contribution in [3.63, 3.8) is 0 Å². The molecule has 0 aliphatic heterocycles. The SMILES string of the molecule is CCOC(=O)C(CC(=O)O)CC(=O)O. The van der Waals surface area contributed by atoms with Crippen LogP contribution >= 0.6 is 0 Å². The van der Waals surface area contributed by atoms with Gasteiger partial charge in [0, 0.05) is 0 Å². The number of hydrogen-bond donors (Lipinski definition) is 2. The van der Waals surface area contributed by atoms with Gasteiger partial charge in [-0.3, -0.25) is 14.4 Å². The summed E-state index contributed by atoms with van der Waals surface area (Å²) in [5.41, 5.74) is 0. The van der Waals surface area contributed by atoms with Gasteiger partial charge >= 0.3 is 17.9 Å². The van der Waals surface area contributed by atoms with Crippen molar-refractivity contribution in [1.29, 1.82) is 0 Å². The summed E-state index contributed by atoms with van der Waals surface area (Å²) < 4.78 is 4.54. The molecule has 14 heavy (non-hydrogen) atoms. The van der Waals surface area contributed by atoms with E-state index in [1.54, 1.807) is 6.92 Å². The van der Waals surface area contributed by atoms with Gasteiger partial charge in [0.2, 0.25) is 0 Å². The molecular weight excluding hydrogens is 192 g/mol. The first-order valence-electron chi connectivity index (χ1n) is 4.07. The van der Waals surface area contributed by atoms with Crippen molar-refractivity contribution in [2.45, 2.75) is 19.8 Å². The molecular formula is C8H12O6. The van der Waals surface area contributed by atoms with Crippen LogP contribution in [-0.4, -0.2) is 34.7 Å². The van der Waals surface area contributed by atoms with E-state index in [0.717, 1.165) is 0 Å². The molecule has 0 saturated carbocycles. The van der Waals surface area contributed by atoms with E-state index >= 15 is 0 Å². The molecule has 2 N–H and O–H groups in total. The molecule has 0 atom stereocenters. The van der Waals surface area contributed by atoms with E-state index in [0.29, 0.717) is 0 Å². The molecule has 6 nitrogen and oxygen atoms in total. The highest BCUT2D eigenvalue weighted by molar-refractivity contribution is 5.83. The Hall–Kier alpha value is -1.59. The molecule has 0 aromatic rings. The van der Waals surface area contributed by atoms with Gasteiger partial charge in [-0.25, -0.2) is 0 Å². The maximum atomic E-state index is 11.1. The van der Waals surface area contributed by atoms with E-state index in [4.69, 9.17) is 10.2 Å². The second kappa shape index (κ2) is 5.95. The van der Waals surface area contributed by atoms with E-state index in [-0.39, 0.29) is 6.61 Å². The smallest absolute Gasteiger partial charge is 0.310 e. The Morgan fingerprint density at radius 2 is 1.57 bits per heavy atom. The summed E-state index contributed by atoms with van der Waals surface area (Å²) in [6.45, 7) is 1.67. The average Bonchev–Trinajstić information content (AvgIpc) is 2.01. The molecule has 0 spiro atoms. The Labute approximate surface area is 80.5 Å². The monoisotopic (exact) mass is 204 g/mol. The van der Waals surface area contributed by atoms with Gasteiger partial charge in [0.1, 0.15) is 0 Å². The van der Waals surface area contributed by atoms with Crippen molar-refractivity contribution < 1.29 is 29.3 Å². The number of carboxylic acids is 2. The summed E-state index contributed by atoms with van der Waals surface area (Å²) in [5, 5.41) is 16.8. The summed E-state index contributed by atoms with van der Waals surface area (Å²) in [6, 6.07) is 0. The topological polar surface area (TPSA) is 101 Å². The van der Waals surface area contributed by atoms with Crippen LogP contribution in [0.3, 0.4) is 0 Å². The van der Waals surface area contributed by atoms with Crippen LogP contribution in [-0.2, 0) is 19.1 Å². The molecule has 0 aliphatic rings. The third-order valence-corrected chi connectivity index (χ3v) is 1.46. The molecule has 0 heterocycles. The third-order valence-electron chi connectivity index (χ3n) is 1.46. The van der Waals surface area contributed by atoms with E-state index < -0.39 is 36.7 Å². The molecule has 0 amide bonds. The maximum Gasteiger partial charge on any atom is 0.310 e. The van der Waals surface area contributed by atoms with Crippen LogP contribution in [0, 0.1) is 5.92 Å². The summed E-state index contributed by atoms with van der Waals surface area (Å²) in [4.78, 5) is 31.7. The van der Waals surface area contributed by atoms with Crippen LogP contribution in [0.5, 0.6) is 0 Å². The number of carboxylic acid groups (broad SMARTS) is 2. The van der Waals surface area contributed by atoms with E-state index in [9.17, 15) is 14.4 Å². The predicted octanol–water partition coefficient (Wildman–Crippen LogP) is 0.115. The standard InChI is InChI=1S/C8H12O6/c1-2-14-8(13)5(3-6(9)10)4-7(11)12/h5H,2-4H2,1H3,(H,9,10)(H,11,12). The van der Waals surface area contributed by atoms with Gasteiger partial charge in [-0.2, -0.15) is 0 Å². The highest BCUT2D eigenvalue weighted by atomic mass is 16.5. The summed E-state index contributed by atoms with van der Waals surface area (Å²) >= 11 is 0. The molecule has 0 saturated heterocycles. The minimum absolute atomic E-state index is 0.106. The van der Waals surface area contributed by atoms with Crippen molar-refractivity contribution in [3.05, 3.63) is 0 Å². The molecule has 6 heteroatoms. The number of aliphatic carboxylic acids is 2. The molecule has 0 unspecified atom stereocenters. The number of carbonyl (C=O) groups excluding carboxylic acids is 1. The zero-order valence-electron chi connectivity index (χ0n) is 7.73. The lowest BCUT2D eigenvalue weighted by molar-refractivity contribution is -0.156. The van der Waals surface area contributed by atoms with Gasteiger partial charge in [-0.1, -0.05) is 0 Å². The van der Waals surface area contributed by atoms with Crippen molar-refractivity contribution in [1.82, 2.24) is 0 Å². The van der Waals surface area contributed by atoms with Crippen LogP contribution in [0.1, 0.15) is 19.8 Å². The fraction of sp³-hybridized carbons (Fsp3) is 0.625. The minimum atomic E-state index is -1.22. The lowest BCUT2D eigenvalue weighted by Crippen LogP contribution is -2.23. The Bertz CT molecular complexity index is 218. The second-order valence-electron chi connectivity index (χ2n) is 2.64. The number of esters is 1. The Morgan fingerprint density at radius 1 is 1.14 bits per heavy atom. The molecule has 0 bridgehead atoms. The van der Waals surface area contributed by atoms with Gasteiger partial charge in [0.15, 0.2) is 0 Å². The molecule has 0 aromatic heterocycles. The van der Waals surface area contributed by atoms with Crippen molar-refractivity contribution in [2.24, 2.45) is 5.92 Å². The van der Waals surface area contributed by atoms with E-state index in [1.165, 1.54) is 0 Å². The molecule has 0 fully saturated rings. The normalized spacial score (nSPS) is 9.86. The Morgan fingerprint density at radius 3 is 1.86 bits per heavy atom. The average molecular weight is 204 g/mol. The highest BCUT2D eigenvalue weighted by Gasteiger charge is 2.25. The van der Waals surface area contributed by atoms with Crippen LogP contribution in [0.15, 0.2) is 0 Å². The summed E-state index contributed by atoms with van der Waals surface area (Å²) in [7, 11) is 0. The molecule has 0 aliphatic carbocycles. The highest BCUT2D eigenvalue weighted by Crippen LogP contribution is 2.11. The van der Waals surface area contributed by atoms with Crippen molar-refractivity contribution in [3.8, 4) is 0 Å². The molecule has 0 rings (SSSR count).